The lowest BCUT2D eigenvalue weighted by molar-refractivity contribution is -0.387. The molecule has 5 heteroatoms. The van der Waals surface area contributed by atoms with Crippen molar-refractivity contribution in [3.63, 3.8) is 0 Å². The van der Waals surface area contributed by atoms with Gasteiger partial charge in [-0.05, 0) is 36.0 Å². The van der Waals surface area contributed by atoms with Crippen LogP contribution in [-0.2, 0) is 18.4 Å². The second-order valence-corrected chi connectivity index (χ2v) is 5.50. The van der Waals surface area contributed by atoms with Crippen LogP contribution in [0.15, 0.2) is 42.5 Å². The third kappa shape index (κ3) is 2.29. The molecule has 0 saturated heterocycles. The summed E-state index contributed by atoms with van der Waals surface area (Å²) in [4.78, 5) is 10.1. The number of rotatable bonds is 3. The van der Waals surface area contributed by atoms with Crippen molar-refractivity contribution in [1.29, 1.82) is 0 Å². The fraction of sp³-hybridized carbons (Fsp3) is 0.250. The summed E-state index contributed by atoms with van der Waals surface area (Å²) in [6.45, 7) is 0. The van der Waals surface area contributed by atoms with Crippen LogP contribution in [0.2, 0.25) is 0 Å². The molecule has 0 saturated carbocycles. The number of hydrogen-bond donors (Lipinski definition) is 1. The highest BCUT2D eigenvalue weighted by molar-refractivity contribution is 5.42. The number of hydrogen-bond acceptors (Lipinski definition) is 3. The lowest BCUT2D eigenvalue weighted by Gasteiger charge is -2.25. The fourth-order valence-electron chi connectivity index (χ4n) is 3.08. The molecule has 1 atom stereocenters. The Morgan fingerprint density at radius 1 is 1.24 bits per heavy atom. The molecule has 4 nitrogen and oxygen atoms in total. The van der Waals surface area contributed by atoms with E-state index < -0.39 is 22.0 Å². The van der Waals surface area contributed by atoms with Crippen LogP contribution in [0.4, 0.5) is 10.1 Å². The van der Waals surface area contributed by atoms with Crippen molar-refractivity contribution >= 4 is 5.69 Å². The number of nitro groups is 1. The van der Waals surface area contributed by atoms with Crippen LogP contribution in [0.5, 0.6) is 0 Å². The van der Waals surface area contributed by atoms with Crippen LogP contribution in [0.1, 0.15) is 23.1 Å². The van der Waals surface area contributed by atoms with Gasteiger partial charge in [-0.15, -0.1) is 0 Å². The van der Waals surface area contributed by atoms with Crippen molar-refractivity contribution in [2.75, 3.05) is 0 Å². The monoisotopic (exact) mass is 286 g/mol. The second kappa shape index (κ2) is 4.93. The maximum Gasteiger partial charge on any atom is 0.305 e. The summed E-state index contributed by atoms with van der Waals surface area (Å²) in [5.74, 6) is -0.781. The summed E-state index contributed by atoms with van der Waals surface area (Å²) in [6.07, 6.45) is 1.83. The molecule has 0 aromatic heterocycles. The van der Waals surface area contributed by atoms with Gasteiger partial charge in [-0.25, -0.2) is 0 Å². The molecule has 0 fully saturated rings. The van der Waals surface area contributed by atoms with Gasteiger partial charge in [-0.2, -0.15) is 4.39 Å². The standard InChI is InChI=1S/C16H15FN2O2/c17-15-12(5-3-7-14(15)19(20)21)10-16(18)9-8-11-4-1-2-6-13(11)16/h1-7H,8-10,18H2. The molecule has 1 unspecified atom stereocenters. The maximum atomic E-state index is 14.2. The SMILES string of the molecule is NC1(Cc2cccc([N+](=O)[O-])c2F)CCc2ccccc21. The van der Waals surface area contributed by atoms with Gasteiger partial charge >= 0.3 is 5.69 Å². The smallest absolute Gasteiger partial charge is 0.305 e. The number of nitro benzene ring substituents is 1. The topological polar surface area (TPSA) is 69.2 Å². The number of nitrogens with zero attached hydrogens (tertiary/aromatic N) is 1. The largest absolute Gasteiger partial charge is 0.321 e. The molecule has 1 aliphatic rings. The predicted octanol–water partition coefficient (Wildman–Crippen LogP) is 3.08. The summed E-state index contributed by atoms with van der Waals surface area (Å²) in [5.41, 5.74) is 7.78. The van der Waals surface area contributed by atoms with Gasteiger partial charge in [-0.3, -0.25) is 10.1 Å². The summed E-state index contributed by atoms with van der Waals surface area (Å²) >= 11 is 0. The lowest BCUT2D eigenvalue weighted by atomic mass is 9.86. The van der Waals surface area contributed by atoms with E-state index in [-0.39, 0.29) is 6.42 Å². The third-order valence-corrected chi connectivity index (χ3v) is 4.16. The number of fused-ring (bicyclic) bond motifs is 1. The molecule has 2 aromatic rings. The van der Waals surface area contributed by atoms with E-state index in [9.17, 15) is 14.5 Å². The first-order valence-electron chi connectivity index (χ1n) is 6.80. The average Bonchev–Trinajstić information content (AvgIpc) is 2.79. The predicted molar refractivity (Wildman–Crippen MR) is 77.4 cm³/mol. The summed E-state index contributed by atoms with van der Waals surface area (Å²) in [5, 5.41) is 10.8. The van der Waals surface area contributed by atoms with Gasteiger partial charge < -0.3 is 5.73 Å². The normalized spacial score (nSPS) is 20.3. The molecule has 0 aliphatic heterocycles. The molecule has 0 bridgehead atoms. The molecule has 0 heterocycles. The van der Waals surface area contributed by atoms with Gasteiger partial charge in [-0.1, -0.05) is 36.4 Å². The van der Waals surface area contributed by atoms with Gasteiger partial charge in [0.2, 0.25) is 5.82 Å². The van der Waals surface area contributed by atoms with Crippen molar-refractivity contribution in [3.05, 3.63) is 75.1 Å². The van der Waals surface area contributed by atoms with Crippen LogP contribution < -0.4 is 5.73 Å². The Morgan fingerprint density at radius 3 is 2.76 bits per heavy atom. The molecule has 108 valence electrons. The third-order valence-electron chi connectivity index (χ3n) is 4.16. The minimum Gasteiger partial charge on any atom is -0.321 e. The van der Waals surface area contributed by atoms with Gasteiger partial charge in [0.25, 0.3) is 0 Å². The highest BCUT2D eigenvalue weighted by Gasteiger charge is 2.36. The van der Waals surface area contributed by atoms with Gasteiger partial charge in [0.1, 0.15) is 0 Å². The van der Waals surface area contributed by atoms with E-state index in [1.165, 1.54) is 17.7 Å². The van der Waals surface area contributed by atoms with E-state index >= 15 is 0 Å². The van der Waals surface area contributed by atoms with E-state index in [1.807, 2.05) is 24.3 Å². The fourth-order valence-corrected chi connectivity index (χ4v) is 3.08. The Labute approximate surface area is 121 Å². The van der Waals surface area contributed by atoms with Gasteiger partial charge in [0, 0.05) is 11.6 Å². The lowest BCUT2D eigenvalue weighted by Crippen LogP contribution is -2.36. The van der Waals surface area contributed by atoms with E-state index in [2.05, 4.69) is 0 Å². The van der Waals surface area contributed by atoms with Crippen LogP contribution in [0, 0.1) is 15.9 Å². The molecule has 0 amide bonds. The molecule has 0 spiro atoms. The van der Waals surface area contributed by atoms with Crippen molar-refractivity contribution in [3.8, 4) is 0 Å². The highest BCUT2D eigenvalue weighted by atomic mass is 19.1. The number of halogens is 1. The second-order valence-electron chi connectivity index (χ2n) is 5.50. The summed E-state index contributed by atoms with van der Waals surface area (Å²) in [6, 6.07) is 12.1. The van der Waals surface area contributed by atoms with E-state index in [1.54, 1.807) is 6.07 Å². The quantitative estimate of drug-likeness (QED) is 0.696. The molecule has 2 aromatic carbocycles. The minimum atomic E-state index is -0.781. The van der Waals surface area contributed by atoms with Crippen molar-refractivity contribution in [1.82, 2.24) is 0 Å². The molecule has 2 N–H and O–H groups in total. The molecular formula is C16H15FN2O2. The van der Waals surface area contributed by atoms with Crippen molar-refractivity contribution in [2.24, 2.45) is 5.73 Å². The summed E-state index contributed by atoms with van der Waals surface area (Å²) < 4.78 is 14.2. The van der Waals surface area contributed by atoms with Crippen LogP contribution in [0.25, 0.3) is 0 Å². The van der Waals surface area contributed by atoms with Gasteiger partial charge in [0.15, 0.2) is 0 Å². The minimum absolute atomic E-state index is 0.261. The Balaban J connectivity index is 1.98. The maximum absolute atomic E-state index is 14.2. The first kappa shape index (κ1) is 13.7. The van der Waals surface area contributed by atoms with Crippen molar-refractivity contribution in [2.45, 2.75) is 24.8 Å². The average molecular weight is 286 g/mol. The molecule has 1 aliphatic carbocycles. The van der Waals surface area contributed by atoms with E-state index in [0.29, 0.717) is 12.0 Å². The zero-order valence-electron chi connectivity index (χ0n) is 11.4. The first-order chi connectivity index (χ1) is 10.0. The molecule has 3 rings (SSSR count). The number of benzene rings is 2. The van der Waals surface area contributed by atoms with Crippen LogP contribution >= 0.6 is 0 Å². The van der Waals surface area contributed by atoms with E-state index in [0.717, 1.165) is 12.0 Å². The molecule has 21 heavy (non-hydrogen) atoms. The van der Waals surface area contributed by atoms with Crippen molar-refractivity contribution < 1.29 is 9.31 Å². The Morgan fingerprint density at radius 2 is 2.00 bits per heavy atom. The first-order valence-corrected chi connectivity index (χ1v) is 6.80. The zero-order chi connectivity index (χ0) is 15.0. The summed E-state index contributed by atoms with van der Waals surface area (Å²) in [7, 11) is 0. The Kier molecular flexibility index (Phi) is 3.22. The highest BCUT2D eigenvalue weighted by Crippen LogP contribution is 2.38. The van der Waals surface area contributed by atoms with Crippen LogP contribution in [0.3, 0.4) is 0 Å². The van der Waals surface area contributed by atoms with Gasteiger partial charge in [0.05, 0.1) is 4.92 Å². The molecular weight excluding hydrogens is 271 g/mol. The number of nitrogens with two attached hydrogens (primary N) is 1. The zero-order valence-corrected chi connectivity index (χ0v) is 11.4. The van der Waals surface area contributed by atoms with E-state index in [4.69, 9.17) is 5.73 Å². The van der Waals surface area contributed by atoms with Crippen LogP contribution in [-0.4, -0.2) is 4.92 Å². The number of aryl methyl sites for hydroxylation is 1. The Hall–Kier alpha value is -2.27. The molecule has 0 radical (unpaired) electrons. The Bertz CT molecular complexity index is 717.